The maximum Gasteiger partial charge on any atom is 0.341 e. The number of rotatable bonds is 8. The molecule has 2 N–H and O–H groups in total. The van der Waals surface area contributed by atoms with Crippen LogP contribution in [-0.2, 0) is 77.8 Å². The largest absolute Gasteiger partial charge is 0.472 e. The minimum Gasteiger partial charge on any atom is -0.472 e. The number of ether oxygens (including phenoxy) is 9. The molecule has 2 aromatic heterocycles. The predicted molar refractivity (Wildman–Crippen MR) is 199 cm³/mol. The molecule has 0 aromatic carbocycles. The standard InChI is InChI=1S/C41H47NO20/c1-19(43)54-18-40-32(58-22(4)46)28(56-20(2)44)27-30(57-21(3)45)41(40)39(8,52)31(29(33(40)59-23(5)47)60-34(48)24-12-15-53-16-24)61-36(50)37(6,51)13-11-26-25(10-9-14-42-26)35(49)55-17-38(27,7)62-41/h9-10,12,14-16,27-33,51-52H,11,13,17-18H2,1-8H3/t27-,28+,29-,30+,31+,32+,33+,37+,38-,39-,40-,41-/m0/s1. The fraction of sp³-hybridized carbons (Fsp3) is 0.585. The van der Waals surface area contributed by atoms with Crippen LogP contribution >= 0.6 is 0 Å². The van der Waals surface area contributed by atoms with Crippen molar-refractivity contribution in [3.05, 3.63) is 53.7 Å². The van der Waals surface area contributed by atoms with Gasteiger partial charge < -0.3 is 57.3 Å². The van der Waals surface area contributed by atoms with E-state index < -0.39 is 138 Å². The van der Waals surface area contributed by atoms with Gasteiger partial charge in [0.2, 0.25) is 0 Å². The lowest BCUT2D eigenvalue weighted by atomic mass is 9.45. The van der Waals surface area contributed by atoms with Gasteiger partial charge in [0.05, 0.1) is 29.0 Å². The first kappa shape index (κ1) is 45.6. The van der Waals surface area contributed by atoms with E-state index in [1.165, 1.54) is 31.3 Å². The van der Waals surface area contributed by atoms with Gasteiger partial charge in [-0.2, -0.15) is 0 Å². The van der Waals surface area contributed by atoms with E-state index >= 15 is 0 Å². The number of aromatic nitrogens is 1. The second kappa shape index (κ2) is 16.4. The minimum absolute atomic E-state index is 0.0776. The number of pyridine rings is 1. The van der Waals surface area contributed by atoms with Crippen molar-refractivity contribution >= 4 is 47.8 Å². The maximum atomic E-state index is 14.4. The first-order chi connectivity index (χ1) is 28.9. The molecule has 336 valence electrons. The summed E-state index contributed by atoms with van der Waals surface area (Å²) in [6, 6.07) is 3.99. The van der Waals surface area contributed by atoms with Crippen LogP contribution in [0.3, 0.4) is 0 Å². The summed E-state index contributed by atoms with van der Waals surface area (Å²) in [6.45, 7) is 6.25. The maximum absolute atomic E-state index is 14.4. The third kappa shape index (κ3) is 7.54. The molecule has 2 aliphatic heterocycles. The average molecular weight is 874 g/mol. The lowest BCUT2D eigenvalue weighted by Crippen LogP contribution is -2.89. The molecule has 4 heterocycles. The predicted octanol–water partition coefficient (Wildman–Crippen LogP) is 0.864. The van der Waals surface area contributed by atoms with Crippen molar-refractivity contribution in [1.82, 2.24) is 4.98 Å². The zero-order valence-corrected chi connectivity index (χ0v) is 35.0. The molecule has 0 unspecified atom stereocenters. The number of nitrogens with zero attached hydrogens (tertiary/aromatic N) is 1. The molecular formula is C41H47NO20. The summed E-state index contributed by atoms with van der Waals surface area (Å²) in [4.78, 5) is 113. The van der Waals surface area contributed by atoms with Crippen LogP contribution in [0.25, 0.3) is 0 Å². The van der Waals surface area contributed by atoms with Gasteiger partial charge in [0.1, 0.15) is 48.3 Å². The third-order valence-corrected chi connectivity index (χ3v) is 11.9. The van der Waals surface area contributed by atoms with Gasteiger partial charge in [0, 0.05) is 40.8 Å². The van der Waals surface area contributed by atoms with Crippen molar-refractivity contribution < 1.29 is 95.6 Å². The molecule has 0 radical (unpaired) electrons. The molecular weight excluding hydrogens is 826 g/mol. The zero-order valence-electron chi connectivity index (χ0n) is 35.0. The van der Waals surface area contributed by atoms with Crippen LogP contribution in [0.5, 0.6) is 0 Å². The smallest absolute Gasteiger partial charge is 0.341 e. The highest BCUT2D eigenvalue weighted by atomic mass is 16.7. The Bertz CT molecular complexity index is 2150. The SMILES string of the molecule is CC(=O)OC[C@@]12[C@H](OC(C)=O)[C@H](OC(C)=O)[C@H]3[C@@H](OC(C)=O)[C@@]14O[C@@]3(C)COC(=O)c1cccnc1CC[C@@](C)(O)C(=O)O[C@H]([C@H](OC(=O)c1ccoc1)[C@H]2OC(C)=O)[C@]4(C)O. The fourth-order valence-corrected chi connectivity index (χ4v) is 9.53. The monoisotopic (exact) mass is 873 g/mol. The van der Waals surface area contributed by atoms with Gasteiger partial charge in [0.15, 0.2) is 35.6 Å². The van der Waals surface area contributed by atoms with Crippen LogP contribution in [0.4, 0.5) is 0 Å². The number of esters is 8. The lowest BCUT2D eigenvalue weighted by molar-refractivity contribution is -0.386. The molecule has 6 rings (SSSR count). The first-order valence-electron chi connectivity index (χ1n) is 19.5. The number of fused-ring (bicyclic) bond motifs is 5. The van der Waals surface area contributed by atoms with Crippen molar-refractivity contribution in [2.24, 2.45) is 11.3 Å². The number of hydrogen-bond donors (Lipinski definition) is 2. The summed E-state index contributed by atoms with van der Waals surface area (Å²) in [7, 11) is 0. The van der Waals surface area contributed by atoms with Gasteiger partial charge in [-0.1, -0.05) is 0 Å². The lowest BCUT2D eigenvalue weighted by Gasteiger charge is -2.67. The molecule has 0 amide bonds. The topological polar surface area (TPSA) is 286 Å². The Labute approximate surface area is 353 Å². The van der Waals surface area contributed by atoms with Gasteiger partial charge in [-0.25, -0.2) is 14.4 Å². The fourth-order valence-electron chi connectivity index (χ4n) is 9.53. The number of aliphatic hydroxyl groups is 2. The summed E-state index contributed by atoms with van der Waals surface area (Å²) in [6.07, 6.45) is -10.1. The van der Waals surface area contributed by atoms with Crippen molar-refractivity contribution in [1.29, 1.82) is 0 Å². The summed E-state index contributed by atoms with van der Waals surface area (Å²) < 4.78 is 59.6. The van der Waals surface area contributed by atoms with E-state index in [0.717, 1.165) is 61.0 Å². The Kier molecular flexibility index (Phi) is 12.1. The van der Waals surface area contributed by atoms with Crippen LogP contribution in [0.15, 0.2) is 41.3 Å². The van der Waals surface area contributed by atoms with Gasteiger partial charge in [-0.15, -0.1) is 0 Å². The molecule has 21 nitrogen and oxygen atoms in total. The molecule has 2 saturated carbocycles. The van der Waals surface area contributed by atoms with Crippen molar-refractivity contribution in [2.45, 2.75) is 127 Å². The van der Waals surface area contributed by atoms with Crippen LogP contribution < -0.4 is 0 Å². The van der Waals surface area contributed by atoms with Crippen LogP contribution in [-0.4, -0.2) is 135 Å². The molecule has 4 aliphatic rings. The number of hydrogen-bond acceptors (Lipinski definition) is 21. The highest BCUT2D eigenvalue weighted by Gasteiger charge is 2.92. The number of aryl methyl sites for hydroxylation is 1. The van der Waals surface area contributed by atoms with Crippen molar-refractivity contribution in [3.8, 4) is 0 Å². The van der Waals surface area contributed by atoms with Crippen molar-refractivity contribution in [3.63, 3.8) is 0 Å². The molecule has 4 bridgehead atoms. The van der Waals surface area contributed by atoms with E-state index in [1.54, 1.807) is 0 Å². The molecule has 12 atom stereocenters. The molecule has 21 heteroatoms. The summed E-state index contributed by atoms with van der Waals surface area (Å²) >= 11 is 0. The van der Waals surface area contributed by atoms with E-state index in [-0.39, 0.29) is 23.2 Å². The van der Waals surface area contributed by atoms with E-state index in [9.17, 15) is 48.6 Å². The molecule has 2 aliphatic carbocycles. The number of cyclic esters (lactones) is 1. The highest BCUT2D eigenvalue weighted by molar-refractivity contribution is 5.91. The van der Waals surface area contributed by atoms with E-state index in [0.29, 0.717) is 0 Å². The molecule has 1 spiro atoms. The quantitative estimate of drug-likeness (QED) is 0.275. The molecule has 62 heavy (non-hydrogen) atoms. The normalized spacial score (nSPS) is 36.3. The van der Waals surface area contributed by atoms with Crippen LogP contribution in [0, 0.1) is 11.3 Å². The average Bonchev–Trinajstić information content (AvgIpc) is 3.79. The van der Waals surface area contributed by atoms with Crippen molar-refractivity contribution in [2.75, 3.05) is 13.2 Å². The number of carbonyl (C=O) groups is 8. The summed E-state index contributed by atoms with van der Waals surface area (Å²) in [5, 5.41) is 25.3. The highest BCUT2D eigenvalue weighted by Crippen LogP contribution is 2.70. The molecule has 2 aromatic rings. The third-order valence-electron chi connectivity index (χ3n) is 11.9. The summed E-state index contributed by atoms with van der Waals surface area (Å²) in [5.74, 6) is -10.7. The minimum atomic E-state index is -3.00. The first-order valence-corrected chi connectivity index (χ1v) is 19.5. The Morgan fingerprint density at radius 3 is 2.00 bits per heavy atom. The Hall–Kier alpha value is -5.93. The van der Waals surface area contributed by atoms with E-state index in [4.69, 9.17) is 47.0 Å². The Morgan fingerprint density at radius 1 is 0.806 bits per heavy atom. The van der Waals surface area contributed by atoms with Crippen LogP contribution in [0.2, 0.25) is 0 Å². The molecule has 1 saturated heterocycles. The number of furan rings is 1. The number of carbonyl (C=O) groups excluding carboxylic acids is 8. The second-order valence-electron chi connectivity index (χ2n) is 16.4. The molecule has 3 fully saturated rings. The van der Waals surface area contributed by atoms with Gasteiger partial charge in [0.25, 0.3) is 0 Å². The van der Waals surface area contributed by atoms with Gasteiger partial charge in [-0.05, 0) is 51.8 Å². The van der Waals surface area contributed by atoms with Gasteiger partial charge in [-0.3, -0.25) is 29.0 Å². The second-order valence-corrected chi connectivity index (χ2v) is 16.4. The van der Waals surface area contributed by atoms with E-state index in [1.807, 2.05) is 0 Å². The Morgan fingerprint density at radius 2 is 1.42 bits per heavy atom. The zero-order chi connectivity index (χ0) is 45.7. The van der Waals surface area contributed by atoms with E-state index in [2.05, 4.69) is 4.98 Å². The van der Waals surface area contributed by atoms with Gasteiger partial charge >= 0.3 is 47.8 Å². The van der Waals surface area contributed by atoms with Crippen LogP contribution in [0.1, 0.15) is 88.2 Å². The summed E-state index contributed by atoms with van der Waals surface area (Å²) in [5.41, 5.74) is -13.5. The Balaban J connectivity index is 1.79.